The van der Waals surface area contributed by atoms with Gasteiger partial charge in [0.15, 0.2) is 0 Å². The second-order valence-corrected chi connectivity index (χ2v) is 3.72. The van der Waals surface area contributed by atoms with Crippen LogP contribution >= 0.6 is 11.3 Å². The van der Waals surface area contributed by atoms with Crippen LogP contribution in [0.3, 0.4) is 0 Å². The average molecular weight is 181 g/mol. The lowest BCUT2D eigenvalue weighted by atomic mass is 10.2. The molecule has 0 fully saturated rings. The van der Waals surface area contributed by atoms with Crippen molar-refractivity contribution in [2.75, 3.05) is 0 Å². The summed E-state index contributed by atoms with van der Waals surface area (Å²) < 4.78 is 0. The summed E-state index contributed by atoms with van der Waals surface area (Å²) in [6.45, 7) is 2.23. The summed E-state index contributed by atoms with van der Waals surface area (Å²) in [5.41, 5.74) is 1.87. The maximum atomic E-state index is 4.00. The minimum absolute atomic E-state index is 1.20. The number of thiazole rings is 1. The molecule has 2 heteroatoms. The molecule has 66 valence electrons. The molecule has 1 heterocycles. The Kier molecular flexibility index (Phi) is 4.69. The number of unbranched alkanes of at least 4 members (excludes halogenated alkanes) is 3. The highest BCUT2D eigenvalue weighted by Crippen LogP contribution is 2.09. The Labute approximate surface area is 78.2 Å². The van der Waals surface area contributed by atoms with E-state index in [0.717, 1.165) is 0 Å². The fraction of sp³-hybridized carbons (Fsp3) is 0.500. The quantitative estimate of drug-likeness (QED) is 0.631. The van der Waals surface area contributed by atoms with Gasteiger partial charge in [-0.25, -0.2) is 0 Å². The minimum atomic E-state index is 1.20. The molecular weight excluding hydrogens is 166 g/mol. The molecule has 0 atom stereocenters. The molecule has 0 aliphatic heterocycles. The van der Waals surface area contributed by atoms with Gasteiger partial charge in [-0.05, 0) is 18.9 Å². The second-order valence-electron chi connectivity index (χ2n) is 2.80. The molecule has 0 aromatic carbocycles. The van der Waals surface area contributed by atoms with E-state index < -0.39 is 0 Å². The van der Waals surface area contributed by atoms with Crippen molar-refractivity contribution < 1.29 is 0 Å². The molecule has 1 nitrogen and oxygen atoms in total. The predicted molar refractivity (Wildman–Crippen MR) is 55.3 cm³/mol. The number of hydrogen-bond acceptors (Lipinski definition) is 2. The van der Waals surface area contributed by atoms with Crippen molar-refractivity contribution in [3.8, 4) is 0 Å². The zero-order valence-corrected chi connectivity index (χ0v) is 8.31. The lowest BCUT2D eigenvalue weighted by molar-refractivity contribution is 0.730. The van der Waals surface area contributed by atoms with Crippen molar-refractivity contribution in [1.82, 2.24) is 4.98 Å². The average Bonchev–Trinajstić information content (AvgIpc) is 2.57. The smallest absolute Gasteiger partial charge is 0.0797 e. The van der Waals surface area contributed by atoms with E-state index in [2.05, 4.69) is 24.1 Å². The fourth-order valence-corrected chi connectivity index (χ4v) is 1.56. The molecule has 0 aliphatic carbocycles. The van der Waals surface area contributed by atoms with E-state index in [1.54, 1.807) is 11.3 Å². The van der Waals surface area contributed by atoms with Gasteiger partial charge in [0.2, 0.25) is 0 Å². The highest BCUT2D eigenvalue weighted by atomic mass is 32.1. The van der Waals surface area contributed by atoms with E-state index >= 15 is 0 Å². The van der Waals surface area contributed by atoms with E-state index in [-0.39, 0.29) is 0 Å². The van der Waals surface area contributed by atoms with Crippen molar-refractivity contribution in [2.24, 2.45) is 0 Å². The van der Waals surface area contributed by atoms with Gasteiger partial charge in [0.05, 0.1) is 5.51 Å². The molecule has 12 heavy (non-hydrogen) atoms. The third kappa shape index (κ3) is 3.67. The Morgan fingerprint density at radius 2 is 2.42 bits per heavy atom. The van der Waals surface area contributed by atoms with Gasteiger partial charge in [-0.2, -0.15) is 0 Å². The maximum Gasteiger partial charge on any atom is 0.0797 e. The first-order chi connectivity index (χ1) is 5.93. The monoisotopic (exact) mass is 181 g/mol. The van der Waals surface area contributed by atoms with Crippen LogP contribution in [0, 0.1) is 0 Å². The van der Waals surface area contributed by atoms with Crippen molar-refractivity contribution in [3.63, 3.8) is 0 Å². The lowest BCUT2D eigenvalue weighted by Gasteiger charge is -1.90. The van der Waals surface area contributed by atoms with Crippen molar-refractivity contribution >= 4 is 17.4 Å². The first kappa shape index (κ1) is 9.46. The lowest BCUT2D eigenvalue weighted by Crippen LogP contribution is -1.70. The van der Waals surface area contributed by atoms with Gasteiger partial charge in [-0.3, -0.25) is 4.98 Å². The summed E-state index contributed by atoms with van der Waals surface area (Å²) in [4.78, 5) is 5.26. The molecule has 0 saturated heterocycles. The Morgan fingerprint density at radius 3 is 3.08 bits per heavy atom. The van der Waals surface area contributed by atoms with Crippen molar-refractivity contribution in [3.05, 3.63) is 22.7 Å². The molecule has 1 rings (SSSR count). The summed E-state index contributed by atoms with van der Waals surface area (Å²) in [6, 6.07) is 0. The molecular formula is C10H15NS. The summed E-state index contributed by atoms with van der Waals surface area (Å²) in [7, 11) is 0. The van der Waals surface area contributed by atoms with Crippen LogP contribution in [0.25, 0.3) is 6.08 Å². The van der Waals surface area contributed by atoms with Crippen LogP contribution in [0.15, 0.2) is 17.8 Å². The Hall–Kier alpha value is -0.630. The fourth-order valence-electron chi connectivity index (χ4n) is 1.02. The molecule has 0 bridgehead atoms. The molecule has 1 aromatic heterocycles. The summed E-state index contributed by atoms with van der Waals surface area (Å²) in [5, 5.41) is 0. The number of aromatic nitrogens is 1. The largest absolute Gasteiger partial charge is 0.253 e. The van der Waals surface area contributed by atoms with Crippen LogP contribution < -0.4 is 0 Å². The zero-order valence-electron chi connectivity index (χ0n) is 7.49. The van der Waals surface area contributed by atoms with Gasteiger partial charge in [0.25, 0.3) is 0 Å². The van der Waals surface area contributed by atoms with E-state index in [9.17, 15) is 0 Å². The molecule has 0 radical (unpaired) electrons. The Bertz CT molecular complexity index is 214. The summed E-state index contributed by atoms with van der Waals surface area (Å²) in [5.74, 6) is 0. The molecule has 0 amide bonds. The highest BCUT2D eigenvalue weighted by Gasteiger charge is 1.86. The van der Waals surface area contributed by atoms with Gasteiger partial charge in [-0.1, -0.05) is 25.8 Å². The standard InChI is InChI=1S/C10H15NS/c1-2-3-4-5-6-7-10-8-11-9-12-10/h6-9H,2-5H2,1H3/b7-6+. The van der Waals surface area contributed by atoms with Crippen LogP contribution in [0.2, 0.25) is 0 Å². The van der Waals surface area contributed by atoms with E-state index in [1.807, 2.05) is 11.7 Å². The second kappa shape index (κ2) is 5.95. The number of nitrogens with zero attached hydrogens (tertiary/aromatic N) is 1. The topological polar surface area (TPSA) is 12.9 Å². The van der Waals surface area contributed by atoms with Gasteiger partial charge >= 0.3 is 0 Å². The highest BCUT2D eigenvalue weighted by molar-refractivity contribution is 7.10. The molecule has 0 aliphatic rings. The molecule has 0 N–H and O–H groups in total. The van der Waals surface area contributed by atoms with Crippen LogP contribution in [0.5, 0.6) is 0 Å². The maximum absolute atomic E-state index is 4.00. The number of hydrogen-bond donors (Lipinski definition) is 0. The summed E-state index contributed by atoms with van der Waals surface area (Å²) in [6.07, 6.45) is 11.5. The van der Waals surface area contributed by atoms with E-state index in [1.165, 1.54) is 30.6 Å². The Morgan fingerprint density at radius 1 is 1.50 bits per heavy atom. The normalized spacial score (nSPS) is 11.1. The number of rotatable bonds is 5. The van der Waals surface area contributed by atoms with E-state index in [4.69, 9.17) is 0 Å². The molecule has 0 saturated carbocycles. The first-order valence-electron chi connectivity index (χ1n) is 4.48. The Balaban J connectivity index is 2.14. The van der Waals surface area contributed by atoms with Crippen LogP contribution in [-0.2, 0) is 0 Å². The molecule has 0 spiro atoms. The minimum Gasteiger partial charge on any atom is -0.253 e. The number of allylic oxidation sites excluding steroid dienone is 1. The van der Waals surface area contributed by atoms with Gasteiger partial charge in [0.1, 0.15) is 0 Å². The molecule has 0 unspecified atom stereocenters. The van der Waals surface area contributed by atoms with Gasteiger partial charge in [0, 0.05) is 11.1 Å². The van der Waals surface area contributed by atoms with Gasteiger partial charge < -0.3 is 0 Å². The SMILES string of the molecule is CCCCC/C=C/c1cncs1. The molecule has 1 aromatic rings. The summed E-state index contributed by atoms with van der Waals surface area (Å²) >= 11 is 1.69. The zero-order chi connectivity index (χ0) is 8.65. The first-order valence-corrected chi connectivity index (χ1v) is 5.36. The third-order valence-corrected chi connectivity index (χ3v) is 2.45. The van der Waals surface area contributed by atoms with E-state index in [0.29, 0.717) is 0 Å². The predicted octanol–water partition coefficient (Wildman–Crippen LogP) is 3.74. The van der Waals surface area contributed by atoms with Crippen molar-refractivity contribution in [1.29, 1.82) is 0 Å². The van der Waals surface area contributed by atoms with Gasteiger partial charge in [-0.15, -0.1) is 11.3 Å². The van der Waals surface area contributed by atoms with Crippen LogP contribution in [-0.4, -0.2) is 4.98 Å². The third-order valence-electron chi connectivity index (χ3n) is 1.71. The van der Waals surface area contributed by atoms with Crippen molar-refractivity contribution in [2.45, 2.75) is 32.6 Å². The van der Waals surface area contributed by atoms with Crippen LogP contribution in [0.4, 0.5) is 0 Å². The van der Waals surface area contributed by atoms with Crippen LogP contribution in [0.1, 0.15) is 37.5 Å².